The van der Waals surface area contributed by atoms with E-state index in [4.69, 9.17) is 0 Å². The number of carbonyl (C=O) groups excluding carboxylic acids is 2. The lowest BCUT2D eigenvalue weighted by atomic mass is 10.0. The SMILES string of the molecule is O=C(N[C@H]1CC[C@H](O)C1)c1nc(C(=O)N2[C@H]3CC[C@H]2CC3)c(-c2cnc(N[C@@H](C3CC3)C(F)(F)F)cc2C(F)F)s1. The minimum atomic E-state index is -4.57. The Kier molecular flexibility index (Phi) is 7.41. The smallest absolute Gasteiger partial charge is 0.393 e. The van der Waals surface area contributed by atoms with Gasteiger partial charge in [0.05, 0.1) is 11.0 Å². The van der Waals surface area contributed by atoms with E-state index in [1.807, 2.05) is 0 Å². The van der Waals surface area contributed by atoms with Crippen LogP contribution in [-0.2, 0) is 0 Å². The van der Waals surface area contributed by atoms with E-state index in [0.29, 0.717) is 32.1 Å². The van der Waals surface area contributed by atoms with Gasteiger partial charge in [-0.15, -0.1) is 11.3 Å². The van der Waals surface area contributed by atoms with Crippen LogP contribution in [0.1, 0.15) is 90.1 Å². The summed E-state index contributed by atoms with van der Waals surface area (Å²) in [6, 6.07) is -1.27. The predicted octanol–water partition coefficient (Wildman–Crippen LogP) is 5.31. The van der Waals surface area contributed by atoms with Crippen molar-refractivity contribution in [3.8, 4) is 10.4 Å². The van der Waals surface area contributed by atoms with Crippen molar-refractivity contribution in [2.24, 2.45) is 5.92 Å². The van der Waals surface area contributed by atoms with E-state index in [1.165, 1.54) is 0 Å². The van der Waals surface area contributed by atoms with Crippen LogP contribution in [0, 0.1) is 5.92 Å². The molecule has 2 aliphatic heterocycles. The largest absolute Gasteiger partial charge is 0.408 e. The van der Waals surface area contributed by atoms with Gasteiger partial charge in [-0.05, 0) is 69.8 Å². The fourth-order valence-electron chi connectivity index (χ4n) is 6.42. The molecule has 41 heavy (non-hydrogen) atoms. The molecule has 222 valence electrons. The zero-order valence-electron chi connectivity index (χ0n) is 22.0. The number of hydrogen-bond donors (Lipinski definition) is 3. The highest BCUT2D eigenvalue weighted by Gasteiger charge is 2.49. The first-order valence-electron chi connectivity index (χ1n) is 13.9. The molecule has 0 spiro atoms. The monoisotopic (exact) mass is 599 g/mol. The summed E-state index contributed by atoms with van der Waals surface area (Å²) in [7, 11) is 0. The number of amides is 2. The van der Waals surface area contributed by atoms with Crippen molar-refractivity contribution in [1.82, 2.24) is 20.2 Å². The van der Waals surface area contributed by atoms with E-state index in [0.717, 1.165) is 49.3 Å². The highest BCUT2D eigenvalue weighted by molar-refractivity contribution is 7.17. The Bertz CT molecular complexity index is 1310. The molecule has 0 radical (unpaired) electrons. The molecule has 14 heteroatoms. The lowest BCUT2D eigenvalue weighted by molar-refractivity contribution is -0.146. The van der Waals surface area contributed by atoms with Gasteiger partial charge >= 0.3 is 6.18 Å². The zero-order chi connectivity index (χ0) is 29.1. The summed E-state index contributed by atoms with van der Waals surface area (Å²) in [5.41, 5.74) is -0.892. The summed E-state index contributed by atoms with van der Waals surface area (Å²) in [6.45, 7) is 0. The van der Waals surface area contributed by atoms with Gasteiger partial charge in [-0.25, -0.2) is 18.7 Å². The van der Waals surface area contributed by atoms with Crippen LogP contribution in [0.4, 0.5) is 27.8 Å². The van der Waals surface area contributed by atoms with Crippen molar-refractivity contribution >= 4 is 29.0 Å². The lowest BCUT2D eigenvalue weighted by Crippen LogP contribution is -2.38. The Morgan fingerprint density at radius 2 is 1.73 bits per heavy atom. The molecular weight excluding hydrogens is 569 g/mol. The van der Waals surface area contributed by atoms with Crippen LogP contribution in [0.2, 0.25) is 0 Å². The Balaban J connectivity index is 1.36. The Hall–Kier alpha value is -2.87. The normalized spacial score (nSPS) is 26.6. The Labute approximate surface area is 236 Å². The second kappa shape index (κ2) is 10.8. The lowest BCUT2D eigenvalue weighted by Gasteiger charge is -2.23. The highest BCUT2D eigenvalue weighted by atomic mass is 32.1. The second-order valence-corrected chi connectivity index (χ2v) is 12.5. The standard InChI is InChI=1S/C27H30F5N5O3S/c28-23(29)17-10-19(35-22(12-1-2-12)27(30,31)32)33-11-18(17)21-20(26(40)37-14-4-5-15(37)7-6-14)36-25(41-21)24(39)34-13-3-8-16(38)9-13/h10-16,22-23,38H,1-9H2,(H,33,35)(H,34,39)/t13-,14-,15-,16-,22-/m0/s1. The minimum absolute atomic E-state index is 0.0142. The number of halogens is 5. The molecule has 2 saturated carbocycles. The van der Waals surface area contributed by atoms with Gasteiger partial charge in [0.2, 0.25) is 0 Å². The summed E-state index contributed by atoms with van der Waals surface area (Å²) >= 11 is 0.778. The number of alkyl halides is 5. The molecule has 4 fully saturated rings. The van der Waals surface area contributed by atoms with Crippen LogP contribution in [0.25, 0.3) is 10.4 Å². The van der Waals surface area contributed by atoms with Gasteiger partial charge in [-0.1, -0.05) is 0 Å². The molecule has 2 aromatic heterocycles. The topological polar surface area (TPSA) is 107 Å². The van der Waals surface area contributed by atoms with E-state index in [-0.39, 0.29) is 45.1 Å². The van der Waals surface area contributed by atoms with Crippen LogP contribution in [0.15, 0.2) is 12.3 Å². The molecule has 2 saturated heterocycles. The molecule has 6 rings (SSSR count). The van der Waals surface area contributed by atoms with E-state index in [1.54, 1.807) is 4.90 Å². The van der Waals surface area contributed by atoms with Crippen molar-refractivity contribution < 1.29 is 36.6 Å². The molecule has 3 N–H and O–H groups in total. The number of aliphatic hydroxyl groups excluding tert-OH is 1. The van der Waals surface area contributed by atoms with E-state index in [2.05, 4.69) is 20.6 Å². The van der Waals surface area contributed by atoms with Gasteiger partial charge in [-0.2, -0.15) is 13.2 Å². The van der Waals surface area contributed by atoms with Crippen LogP contribution >= 0.6 is 11.3 Å². The summed E-state index contributed by atoms with van der Waals surface area (Å²) in [5.74, 6) is -2.02. The summed E-state index contributed by atoms with van der Waals surface area (Å²) in [5, 5.41) is 14.8. The van der Waals surface area contributed by atoms with Gasteiger partial charge in [0.1, 0.15) is 17.6 Å². The highest BCUT2D eigenvalue weighted by Crippen LogP contribution is 2.44. The first-order chi connectivity index (χ1) is 19.5. The van der Waals surface area contributed by atoms with Gasteiger partial charge < -0.3 is 20.6 Å². The molecule has 2 bridgehead atoms. The molecule has 2 amide bonds. The summed E-state index contributed by atoms with van der Waals surface area (Å²) < 4.78 is 69.5. The number of thiazole rings is 1. The number of nitrogens with zero attached hydrogens (tertiary/aromatic N) is 3. The van der Waals surface area contributed by atoms with Gasteiger partial charge in [0.25, 0.3) is 18.2 Å². The van der Waals surface area contributed by atoms with Crippen molar-refractivity contribution in [2.45, 2.75) is 101 Å². The molecule has 0 unspecified atom stereocenters. The molecule has 2 aromatic rings. The number of pyridine rings is 1. The molecule has 4 heterocycles. The third kappa shape index (κ3) is 5.64. The maximum Gasteiger partial charge on any atom is 0.408 e. The quantitative estimate of drug-likeness (QED) is 0.356. The number of hydrogen-bond acceptors (Lipinski definition) is 7. The van der Waals surface area contributed by atoms with Gasteiger partial charge in [0, 0.05) is 35.4 Å². The van der Waals surface area contributed by atoms with Crippen LogP contribution in [0.3, 0.4) is 0 Å². The van der Waals surface area contributed by atoms with Gasteiger partial charge in [-0.3, -0.25) is 9.59 Å². The maximum absolute atomic E-state index is 14.4. The number of anilines is 1. The second-order valence-electron chi connectivity index (χ2n) is 11.5. The van der Waals surface area contributed by atoms with Crippen molar-refractivity contribution in [2.75, 3.05) is 5.32 Å². The molecule has 4 aliphatic rings. The summed E-state index contributed by atoms with van der Waals surface area (Å²) in [4.78, 5) is 37.0. The van der Waals surface area contributed by atoms with Crippen molar-refractivity contribution in [3.05, 3.63) is 28.5 Å². The minimum Gasteiger partial charge on any atom is -0.393 e. The first kappa shape index (κ1) is 28.3. The Morgan fingerprint density at radius 1 is 1.05 bits per heavy atom. The number of nitrogens with one attached hydrogen (secondary N) is 2. The van der Waals surface area contributed by atoms with Crippen LogP contribution in [-0.4, -0.2) is 68.2 Å². The molecule has 3 atom stereocenters. The fourth-order valence-corrected chi connectivity index (χ4v) is 7.42. The average molecular weight is 600 g/mol. The molecule has 0 aromatic carbocycles. The van der Waals surface area contributed by atoms with Crippen LogP contribution in [0.5, 0.6) is 0 Å². The summed E-state index contributed by atoms with van der Waals surface area (Å²) in [6.07, 6.45) is -1.59. The van der Waals surface area contributed by atoms with Crippen molar-refractivity contribution in [1.29, 1.82) is 0 Å². The number of aromatic nitrogens is 2. The third-order valence-electron chi connectivity index (χ3n) is 8.62. The third-order valence-corrected chi connectivity index (χ3v) is 9.70. The molecule has 8 nitrogen and oxygen atoms in total. The number of aliphatic hydroxyl groups is 1. The van der Waals surface area contributed by atoms with E-state index < -0.39 is 48.0 Å². The average Bonchev–Trinajstić information content (AvgIpc) is 3.23. The predicted molar refractivity (Wildman–Crippen MR) is 140 cm³/mol. The van der Waals surface area contributed by atoms with E-state index in [9.17, 15) is 36.6 Å². The Morgan fingerprint density at radius 3 is 2.29 bits per heavy atom. The molecular formula is C27H30F5N5O3S. The number of carbonyl (C=O) groups is 2. The van der Waals surface area contributed by atoms with Crippen LogP contribution < -0.4 is 10.6 Å². The first-order valence-corrected chi connectivity index (χ1v) is 14.8. The number of rotatable bonds is 8. The number of fused-ring (bicyclic) bond motifs is 2. The molecule has 2 aliphatic carbocycles. The maximum atomic E-state index is 14.4. The van der Waals surface area contributed by atoms with Crippen molar-refractivity contribution in [3.63, 3.8) is 0 Å². The zero-order valence-corrected chi connectivity index (χ0v) is 22.8. The van der Waals surface area contributed by atoms with E-state index >= 15 is 0 Å². The fraction of sp³-hybridized carbons (Fsp3) is 0.630. The van der Waals surface area contributed by atoms with Gasteiger partial charge in [0.15, 0.2) is 5.01 Å².